The van der Waals surface area contributed by atoms with Crippen molar-refractivity contribution in [1.82, 2.24) is 14.9 Å². The zero-order valence-corrected chi connectivity index (χ0v) is 15.1. The summed E-state index contributed by atoms with van der Waals surface area (Å²) in [6.45, 7) is 2.90. The molecule has 0 fully saturated rings. The highest BCUT2D eigenvalue weighted by Gasteiger charge is 2.13. The van der Waals surface area contributed by atoms with E-state index in [1.807, 2.05) is 35.8 Å². The first-order chi connectivity index (χ1) is 12.2. The predicted molar refractivity (Wildman–Crippen MR) is 97.2 cm³/mol. The Bertz CT molecular complexity index is 709. The van der Waals surface area contributed by atoms with Crippen LogP contribution in [0.5, 0.6) is 0 Å². The summed E-state index contributed by atoms with van der Waals surface area (Å²) in [6, 6.07) is 7.81. The van der Waals surface area contributed by atoms with Crippen LogP contribution in [0.4, 0.5) is 0 Å². The van der Waals surface area contributed by atoms with Gasteiger partial charge in [0.05, 0.1) is 18.1 Å². The molecule has 2 aromatic rings. The standard InChI is InChI=1S/C19H27N3O3/c1-3-9-18(23)20-13-8-4-5-12-17-21-15-10-6-7-11-16(15)22(17)14-19(24)25-2/h6-7,10-11H,3-5,8-9,12-14H2,1-2H3,(H,20,23). The van der Waals surface area contributed by atoms with Crippen LogP contribution in [0.1, 0.15) is 44.9 Å². The highest BCUT2D eigenvalue weighted by Crippen LogP contribution is 2.18. The summed E-state index contributed by atoms with van der Waals surface area (Å²) in [7, 11) is 1.40. The zero-order chi connectivity index (χ0) is 18.1. The Morgan fingerprint density at radius 3 is 2.76 bits per heavy atom. The number of fused-ring (bicyclic) bond motifs is 1. The van der Waals surface area contributed by atoms with Gasteiger partial charge in [-0.2, -0.15) is 0 Å². The van der Waals surface area contributed by atoms with Crippen LogP contribution < -0.4 is 5.32 Å². The van der Waals surface area contributed by atoms with Gasteiger partial charge in [0, 0.05) is 19.4 Å². The maximum absolute atomic E-state index is 11.7. The number of unbranched alkanes of at least 4 members (excludes halogenated alkanes) is 2. The second-order valence-corrected chi connectivity index (χ2v) is 6.09. The van der Waals surface area contributed by atoms with E-state index in [1.54, 1.807) is 0 Å². The van der Waals surface area contributed by atoms with E-state index in [9.17, 15) is 9.59 Å². The number of hydrogen-bond donors (Lipinski definition) is 1. The average molecular weight is 345 g/mol. The summed E-state index contributed by atoms with van der Waals surface area (Å²) in [5, 5.41) is 2.93. The number of aromatic nitrogens is 2. The van der Waals surface area contributed by atoms with Gasteiger partial charge in [0.25, 0.3) is 0 Å². The Kier molecular flexibility index (Phi) is 7.44. The van der Waals surface area contributed by atoms with Gasteiger partial charge >= 0.3 is 5.97 Å². The molecule has 25 heavy (non-hydrogen) atoms. The van der Waals surface area contributed by atoms with E-state index in [2.05, 4.69) is 10.3 Å². The van der Waals surface area contributed by atoms with E-state index < -0.39 is 0 Å². The van der Waals surface area contributed by atoms with Crippen LogP contribution in [-0.4, -0.2) is 35.1 Å². The fourth-order valence-corrected chi connectivity index (χ4v) is 2.81. The first kappa shape index (κ1) is 19.0. The minimum atomic E-state index is -0.275. The van der Waals surface area contributed by atoms with Gasteiger partial charge in [-0.15, -0.1) is 0 Å². The first-order valence-electron chi connectivity index (χ1n) is 8.93. The number of methoxy groups -OCH3 is 1. The molecule has 2 rings (SSSR count). The SMILES string of the molecule is CCCC(=O)NCCCCCc1nc2ccccc2n1CC(=O)OC. The Hall–Kier alpha value is -2.37. The van der Waals surface area contributed by atoms with Crippen molar-refractivity contribution in [2.24, 2.45) is 0 Å². The van der Waals surface area contributed by atoms with Crippen LogP contribution in [-0.2, 0) is 27.3 Å². The van der Waals surface area contributed by atoms with Crippen LogP contribution in [0, 0.1) is 0 Å². The third-order valence-corrected chi connectivity index (χ3v) is 4.12. The number of benzene rings is 1. The number of nitrogens with zero attached hydrogens (tertiary/aromatic N) is 2. The maximum atomic E-state index is 11.7. The molecule has 0 bridgehead atoms. The van der Waals surface area contributed by atoms with Gasteiger partial charge in [0.15, 0.2) is 0 Å². The number of para-hydroxylation sites is 2. The van der Waals surface area contributed by atoms with Crippen molar-refractivity contribution in [2.45, 2.75) is 52.0 Å². The topological polar surface area (TPSA) is 73.2 Å². The molecule has 0 aliphatic rings. The molecule has 1 heterocycles. The van der Waals surface area contributed by atoms with Gasteiger partial charge in [-0.25, -0.2) is 4.98 Å². The van der Waals surface area contributed by atoms with Gasteiger partial charge < -0.3 is 14.6 Å². The minimum absolute atomic E-state index is 0.127. The molecule has 1 N–H and O–H groups in total. The third kappa shape index (κ3) is 5.59. The normalized spacial score (nSPS) is 10.8. The summed E-state index contributed by atoms with van der Waals surface area (Å²) >= 11 is 0. The molecular formula is C19H27N3O3. The zero-order valence-electron chi connectivity index (χ0n) is 15.1. The number of esters is 1. The lowest BCUT2D eigenvalue weighted by molar-refractivity contribution is -0.141. The first-order valence-corrected chi connectivity index (χ1v) is 8.93. The van der Waals surface area contributed by atoms with Gasteiger partial charge in [0.1, 0.15) is 12.4 Å². The largest absolute Gasteiger partial charge is 0.468 e. The molecule has 0 aliphatic carbocycles. The van der Waals surface area contributed by atoms with Crippen LogP contribution >= 0.6 is 0 Å². The van der Waals surface area contributed by atoms with Crippen molar-refractivity contribution in [3.63, 3.8) is 0 Å². The molecule has 1 amide bonds. The molecule has 0 saturated heterocycles. The summed E-state index contributed by atoms with van der Waals surface area (Å²) in [5.41, 5.74) is 1.85. The number of nitrogens with one attached hydrogen (secondary N) is 1. The molecule has 136 valence electrons. The summed E-state index contributed by atoms with van der Waals surface area (Å²) in [5.74, 6) is 0.757. The molecule has 6 heteroatoms. The number of carbonyl (C=O) groups excluding carboxylic acids is 2. The molecule has 0 unspecified atom stereocenters. The Balaban J connectivity index is 1.88. The number of carbonyl (C=O) groups is 2. The Morgan fingerprint density at radius 1 is 1.20 bits per heavy atom. The van der Waals surface area contributed by atoms with Gasteiger partial charge in [-0.1, -0.05) is 25.5 Å². The molecule has 0 aliphatic heterocycles. The van der Waals surface area contributed by atoms with Crippen LogP contribution in [0.25, 0.3) is 11.0 Å². The fraction of sp³-hybridized carbons (Fsp3) is 0.526. The molecular weight excluding hydrogens is 318 g/mol. The summed E-state index contributed by atoms with van der Waals surface area (Å²) < 4.78 is 6.73. The number of amides is 1. The van der Waals surface area contributed by atoms with Crippen LogP contribution in [0.2, 0.25) is 0 Å². The predicted octanol–water partition coefficient (Wildman–Crippen LogP) is 2.84. The lowest BCUT2D eigenvalue weighted by atomic mass is 10.2. The monoisotopic (exact) mass is 345 g/mol. The van der Waals surface area contributed by atoms with Gasteiger partial charge in [-0.05, 0) is 31.4 Å². The minimum Gasteiger partial charge on any atom is -0.468 e. The Morgan fingerprint density at radius 2 is 2.00 bits per heavy atom. The fourth-order valence-electron chi connectivity index (χ4n) is 2.81. The van der Waals surface area contributed by atoms with Crippen molar-refractivity contribution < 1.29 is 14.3 Å². The molecule has 0 radical (unpaired) electrons. The van der Waals surface area contributed by atoms with E-state index in [4.69, 9.17) is 4.74 Å². The van der Waals surface area contributed by atoms with Gasteiger partial charge in [0.2, 0.25) is 5.91 Å². The maximum Gasteiger partial charge on any atom is 0.325 e. The smallest absolute Gasteiger partial charge is 0.325 e. The van der Waals surface area contributed by atoms with Crippen molar-refractivity contribution in [2.75, 3.05) is 13.7 Å². The van der Waals surface area contributed by atoms with E-state index in [1.165, 1.54) is 7.11 Å². The number of aryl methyl sites for hydroxylation is 1. The van der Waals surface area contributed by atoms with E-state index in [-0.39, 0.29) is 18.4 Å². The van der Waals surface area contributed by atoms with E-state index in [0.29, 0.717) is 6.42 Å². The van der Waals surface area contributed by atoms with Crippen molar-refractivity contribution >= 4 is 22.9 Å². The second-order valence-electron chi connectivity index (χ2n) is 6.09. The molecule has 1 aromatic heterocycles. The summed E-state index contributed by atoms with van der Waals surface area (Å²) in [4.78, 5) is 27.8. The molecule has 0 atom stereocenters. The van der Waals surface area contributed by atoms with Gasteiger partial charge in [-0.3, -0.25) is 9.59 Å². The number of rotatable bonds is 10. The van der Waals surface area contributed by atoms with Crippen molar-refractivity contribution in [3.05, 3.63) is 30.1 Å². The number of imidazole rings is 1. The summed E-state index contributed by atoms with van der Waals surface area (Å²) in [6.07, 6.45) is 5.20. The molecule has 1 aromatic carbocycles. The van der Waals surface area contributed by atoms with Crippen LogP contribution in [0.15, 0.2) is 24.3 Å². The van der Waals surface area contributed by atoms with Crippen molar-refractivity contribution in [1.29, 1.82) is 0 Å². The van der Waals surface area contributed by atoms with E-state index >= 15 is 0 Å². The lowest BCUT2D eigenvalue weighted by Gasteiger charge is -2.08. The third-order valence-electron chi connectivity index (χ3n) is 4.12. The Labute approximate surface area is 148 Å². The quantitative estimate of drug-likeness (QED) is 0.531. The van der Waals surface area contributed by atoms with E-state index in [0.717, 1.165) is 55.5 Å². The number of ether oxygens (including phenoxy) is 1. The second kappa shape index (κ2) is 9.81. The van der Waals surface area contributed by atoms with Crippen molar-refractivity contribution in [3.8, 4) is 0 Å². The highest BCUT2D eigenvalue weighted by molar-refractivity contribution is 5.79. The highest BCUT2D eigenvalue weighted by atomic mass is 16.5. The molecule has 0 saturated carbocycles. The molecule has 0 spiro atoms. The van der Waals surface area contributed by atoms with Crippen LogP contribution in [0.3, 0.4) is 0 Å². The number of hydrogen-bond acceptors (Lipinski definition) is 4. The molecule has 6 nitrogen and oxygen atoms in total. The average Bonchev–Trinajstić information content (AvgIpc) is 2.95. The lowest BCUT2D eigenvalue weighted by Crippen LogP contribution is -2.23.